The van der Waals surface area contributed by atoms with Crippen molar-refractivity contribution >= 4 is 0 Å². The van der Waals surface area contributed by atoms with Gasteiger partial charge < -0.3 is 0 Å². The smallest absolute Gasteiger partial charge is 0.0780 e. The van der Waals surface area contributed by atoms with Crippen LogP contribution >= 0.6 is 0 Å². The van der Waals surface area contributed by atoms with E-state index in [0.29, 0.717) is 11.6 Å². The van der Waals surface area contributed by atoms with E-state index in [0.717, 1.165) is 12.8 Å². The molecule has 0 aromatic carbocycles. The van der Waals surface area contributed by atoms with E-state index >= 15 is 0 Å². The highest BCUT2D eigenvalue weighted by Gasteiger charge is 2.00. The van der Waals surface area contributed by atoms with Gasteiger partial charge in [0.2, 0.25) is 0 Å². The number of hydrogen-bond acceptors (Lipinski definition) is 2. The topological polar surface area (TPSA) is 29.4 Å². The Labute approximate surface area is 55.9 Å². The van der Waals surface area contributed by atoms with Crippen LogP contribution in [-0.4, -0.2) is 0 Å². The molecule has 1 atom stereocenters. The van der Waals surface area contributed by atoms with Gasteiger partial charge in [0.05, 0.1) is 5.70 Å². The Kier molecular flexibility index (Phi) is 3.93. The summed E-state index contributed by atoms with van der Waals surface area (Å²) in [7, 11) is 0. The summed E-state index contributed by atoms with van der Waals surface area (Å²) < 4.78 is 0. The lowest BCUT2D eigenvalue weighted by molar-refractivity contribution is 0.555. The molecule has 0 aliphatic rings. The first-order valence-electron chi connectivity index (χ1n) is 3.21. The van der Waals surface area contributed by atoms with E-state index in [4.69, 9.17) is 0 Å². The molecule has 0 fully saturated rings. The summed E-state index contributed by atoms with van der Waals surface area (Å²) >= 11 is 0. The number of allylic oxidation sites excluding steroid dienone is 1. The van der Waals surface area contributed by atoms with Crippen LogP contribution in [0.1, 0.15) is 26.7 Å². The summed E-state index contributed by atoms with van der Waals surface area (Å²) in [5.41, 5.74) is 0.462. The molecule has 9 heavy (non-hydrogen) atoms. The summed E-state index contributed by atoms with van der Waals surface area (Å²) in [5.74, 6) is 0.537. The molecule has 0 saturated heterocycles. The summed E-state index contributed by atoms with van der Waals surface area (Å²) in [5, 5.41) is 2.73. The van der Waals surface area contributed by atoms with Crippen LogP contribution in [-0.2, 0) is 0 Å². The quantitative estimate of drug-likeness (QED) is 0.534. The molecule has 0 aromatic rings. The number of nitroso groups, excluding NO2 is 1. The Morgan fingerprint density at radius 2 is 2.33 bits per heavy atom. The van der Waals surface area contributed by atoms with Gasteiger partial charge in [0.25, 0.3) is 0 Å². The largest absolute Gasteiger partial charge is 0.145 e. The van der Waals surface area contributed by atoms with Gasteiger partial charge >= 0.3 is 0 Å². The molecule has 0 spiro atoms. The Bertz CT molecular complexity index is 109. The van der Waals surface area contributed by atoms with Crippen molar-refractivity contribution in [3.8, 4) is 0 Å². The van der Waals surface area contributed by atoms with E-state index in [2.05, 4.69) is 25.6 Å². The maximum Gasteiger partial charge on any atom is 0.0780 e. The molecule has 52 valence electrons. The van der Waals surface area contributed by atoms with Gasteiger partial charge in [-0.3, -0.25) is 0 Å². The molecule has 0 aliphatic carbocycles. The van der Waals surface area contributed by atoms with Crippen molar-refractivity contribution in [1.29, 1.82) is 0 Å². The average molecular weight is 127 g/mol. The fraction of sp³-hybridized carbons (Fsp3) is 0.714. The number of nitrogens with zero attached hydrogens (tertiary/aromatic N) is 1. The van der Waals surface area contributed by atoms with E-state index in [1.165, 1.54) is 0 Å². The van der Waals surface area contributed by atoms with Gasteiger partial charge in [-0.1, -0.05) is 26.8 Å². The van der Waals surface area contributed by atoms with E-state index in [1.807, 2.05) is 0 Å². The highest BCUT2D eigenvalue weighted by molar-refractivity contribution is 4.91. The lowest BCUT2D eigenvalue weighted by Crippen LogP contribution is -1.91. The molecule has 0 bridgehead atoms. The van der Waals surface area contributed by atoms with Gasteiger partial charge in [0.15, 0.2) is 0 Å². The molecule has 2 nitrogen and oxygen atoms in total. The standard InChI is InChI=1S/C7H13NO/c1-4-6(2)5-7(3)8-9/h6H,3-5H2,1-2H3. The Balaban J connectivity index is 3.46. The highest BCUT2D eigenvalue weighted by atomic mass is 16.3. The summed E-state index contributed by atoms with van der Waals surface area (Å²) in [6.45, 7) is 7.65. The van der Waals surface area contributed by atoms with Crippen LogP contribution in [0, 0.1) is 10.8 Å². The van der Waals surface area contributed by atoms with Gasteiger partial charge in [0, 0.05) is 0 Å². The Hall–Kier alpha value is -0.660. The zero-order valence-corrected chi connectivity index (χ0v) is 6.05. The van der Waals surface area contributed by atoms with Gasteiger partial charge in [-0.25, -0.2) is 0 Å². The van der Waals surface area contributed by atoms with Crippen LogP contribution in [0.4, 0.5) is 0 Å². The first-order valence-corrected chi connectivity index (χ1v) is 3.21. The minimum atomic E-state index is 0.462. The third-order valence-electron chi connectivity index (χ3n) is 1.41. The molecule has 0 saturated carbocycles. The van der Waals surface area contributed by atoms with Crippen molar-refractivity contribution in [3.63, 3.8) is 0 Å². The second-order valence-corrected chi connectivity index (χ2v) is 2.38. The average Bonchev–Trinajstić information content (AvgIpc) is 1.87. The van der Waals surface area contributed by atoms with Crippen LogP contribution in [0.3, 0.4) is 0 Å². The fourth-order valence-electron chi connectivity index (χ4n) is 0.584. The SMILES string of the molecule is C=C(CC(C)CC)N=O. The summed E-state index contributed by atoms with van der Waals surface area (Å²) in [6, 6.07) is 0. The molecule has 0 radical (unpaired) electrons. The summed E-state index contributed by atoms with van der Waals surface area (Å²) in [6.07, 6.45) is 1.81. The molecular weight excluding hydrogens is 114 g/mol. The van der Waals surface area contributed by atoms with Crippen molar-refractivity contribution < 1.29 is 0 Å². The van der Waals surface area contributed by atoms with Crippen LogP contribution in [0.2, 0.25) is 0 Å². The first-order chi connectivity index (χ1) is 4.20. The minimum absolute atomic E-state index is 0.462. The molecular formula is C7H13NO. The summed E-state index contributed by atoms with van der Waals surface area (Å²) in [4.78, 5) is 9.81. The minimum Gasteiger partial charge on any atom is -0.145 e. The van der Waals surface area contributed by atoms with Crippen molar-refractivity contribution in [3.05, 3.63) is 17.2 Å². The maximum absolute atomic E-state index is 9.81. The number of hydrogen-bond donors (Lipinski definition) is 0. The second kappa shape index (κ2) is 4.24. The fourth-order valence-corrected chi connectivity index (χ4v) is 0.584. The number of rotatable bonds is 4. The Morgan fingerprint density at radius 1 is 1.78 bits per heavy atom. The molecule has 0 heterocycles. The normalized spacial score (nSPS) is 12.7. The van der Waals surface area contributed by atoms with E-state index in [9.17, 15) is 4.91 Å². The van der Waals surface area contributed by atoms with Crippen molar-refractivity contribution in [2.24, 2.45) is 11.1 Å². The van der Waals surface area contributed by atoms with Gasteiger partial charge in [-0.05, 0) is 17.5 Å². The van der Waals surface area contributed by atoms with Crippen LogP contribution in [0.25, 0.3) is 0 Å². The van der Waals surface area contributed by atoms with Gasteiger partial charge in [-0.2, -0.15) is 0 Å². The maximum atomic E-state index is 9.81. The van der Waals surface area contributed by atoms with Crippen LogP contribution in [0.15, 0.2) is 17.5 Å². The predicted molar refractivity (Wildman–Crippen MR) is 39.0 cm³/mol. The van der Waals surface area contributed by atoms with Gasteiger partial charge in [0.1, 0.15) is 0 Å². The molecule has 0 aliphatic heterocycles. The van der Waals surface area contributed by atoms with Crippen LogP contribution in [0.5, 0.6) is 0 Å². The third kappa shape index (κ3) is 3.88. The molecule has 0 aromatic heterocycles. The highest BCUT2D eigenvalue weighted by Crippen LogP contribution is 2.12. The first kappa shape index (κ1) is 8.34. The molecule has 0 rings (SSSR count). The predicted octanol–water partition coefficient (Wildman–Crippen LogP) is 2.70. The van der Waals surface area contributed by atoms with E-state index in [-0.39, 0.29) is 0 Å². The van der Waals surface area contributed by atoms with E-state index in [1.54, 1.807) is 0 Å². The molecule has 1 unspecified atom stereocenters. The van der Waals surface area contributed by atoms with Crippen molar-refractivity contribution in [2.75, 3.05) is 0 Å². The monoisotopic (exact) mass is 127 g/mol. The zero-order valence-electron chi connectivity index (χ0n) is 6.05. The molecule has 0 amide bonds. The van der Waals surface area contributed by atoms with Crippen LogP contribution < -0.4 is 0 Å². The van der Waals surface area contributed by atoms with Crippen molar-refractivity contribution in [2.45, 2.75) is 26.7 Å². The third-order valence-corrected chi connectivity index (χ3v) is 1.41. The lowest BCUT2D eigenvalue weighted by atomic mass is 10.0. The van der Waals surface area contributed by atoms with Gasteiger partial charge in [-0.15, -0.1) is 4.91 Å². The lowest BCUT2D eigenvalue weighted by Gasteiger charge is -2.03. The second-order valence-electron chi connectivity index (χ2n) is 2.38. The van der Waals surface area contributed by atoms with Crippen molar-refractivity contribution in [1.82, 2.24) is 0 Å². The zero-order chi connectivity index (χ0) is 7.28. The molecule has 0 N–H and O–H groups in total. The molecule has 2 heteroatoms. The van der Waals surface area contributed by atoms with E-state index < -0.39 is 0 Å². The Morgan fingerprint density at radius 3 is 2.67 bits per heavy atom.